The van der Waals surface area contributed by atoms with E-state index in [1.807, 2.05) is 49.4 Å². The number of halogens is 2. The first-order valence-electron chi connectivity index (χ1n) is 9.02. The Morgan fingerprint density at radius 1 is 0.931 bits per heavy atom. The van der Waals surface area contributed by atoms with Crippen LogP contribution in [0, 0.1) is 6.92 Å². The van der Waals surface area contributed by atoms with Gasteiger partial charge in [-0.1, -0.05) is 48.5 Å². The Labute approximate surface area is 183 Å². The third kappa shape index (κ3) is 2.57. The summed E-state index contributed by atoms with van der Waals surface area (Å²) in [5.41, 5.74) is 2.44. The van der Waals surface area contributed by atoms with Gasteiger partial charge in [-0.15, -0.1) is 0 Å². The van der Waals surface area contributed by atoms with Crippen molar-refractivity contribution in [3.8, 4) is 17.1 Å². The quantitative estimate of drug-likeness (QED) is 0.247. The lowest BCUT2D eigenvalue weighted by Crippen LogP contribution is -1.88. The highest BCUT2D eigenvalue weighted by molar-refractivity contribution is 9.11. The number of aldehydes is 1. The molecule has 0 saturated carbocycles. The fourth-order valence-electron chi connectivity index (χ4n) is 3.95. The zero-order valence-electron chi connectivity index (χ0n) is 15.3. The molecule has 5 heteroatoms. The van der Waals surface area contributed by atoms with Crippen molar-refractivity contribution < 1.29 is 14.3 Å². The Kier molecular flexibility index (Phi) is 4.26. The van der Waals surface area contributed by atoms with Crippen LogP contribution < -0.4 is 0 Å². The van der Waals surface area contributed by atoms with Gasteiger partial charge in [0.15, 0.2) is 12.0 Å². The lowest BCUT2D eigenvalue weighted by atomic mass is 9.97. The van der Waals surface area contributed by atoms with E-state index in [9.17, 15) is 9.90 Å². The van der Waals surface area contributed by atoms with Gasteiger partial charge < -0.3 is 9.52 Å². The molecule has 0 amide bonds. The van der Waals surface area contributed by atoms with Gasteiger partial charge in [0.25, 0.3) is 0 Å². The molecule has 0 unspecified atom stereocenters. The lowest BCUT2D eigenvalue weighted by Gasteiger charge is -2.10. The molecule has 0 fully saturated rings. The van der Waals surface area contributed by atoms with Gasteiger partial charge in [-0.3, -0.25) is 4.79 Å². The fourth-order valence-corrected chi connectivity index (χ4v) is 5.15. The molecule has 5 aromatic rings. The van der Waals surface area contributed by atoms with Crippen molar-refractivity contribution in [3.63, 3.8) is 0 Å². The van der Waals surface area contributed by atoms with Crippen molar-refractivity contribution in [2.45, 2.75) is 6.92 Å². The first-order valence-corrected chi connectivity index (χ1v) is 10.6. The number of carbonyl (C=O) groups is 1. The summed E-state index contributed by atoms with van der Waals surface area (Å²) in [6.45, 7) is 2.00. The minimum atomic E-state index is -0.0838. The van der Waals surface area contributed by atoms with Crippen LogP contribution in [0.15, 0.2) is 68.0 Å². The molecule has 0 radical (unpaired) electrons. The van der Waals surface area contributed by atoms with E-state index in [1.165, 1.54) is 0 Å². The fraction of sp³-hybridized carbons (Fsp3) is 0.0417. The summed E-state index contributed by atoms with van der Waals surface area (Å²) in [6.07, 6.45) is 0.666. The van der Waals surface area contributed by atoms with Gasteiger partial charge in [0.2, 0.25) is 0 Å². The largest absolute Gasteiger partial charge is 0.506 e. The van der Waals surface area contributed by atoms with Crippen molar-refractivity contribution >= 4 is 70.7 Å². The van der Waals surface area contributed by atoms with Crippen LogP contribution in [0.2, 0.25) is 0 Å². The molecule has 0 saturated heterocycles. The zero-order valence-corrected chi connectivity index (χ0v) is 18.5. The Balaban J connectivity index is 1.99. The van der Waals surface area contributed by atoms with E-state index < -0.39 is 0 Å². The van der Waals surface area contributed by atoms with Crippen LogP contribution in [0.5, 0.6) is 5.75 Å². The van der Waals surface area contributed by atoms with E-state index in [0.29, 0.717) is 17.6 Å². The predicted molar refractivity (Wildman–Crippen MR) is 124 cm³/mol. The monoisotopic (exact) mass is 508 g/mol. The maximum absolute atomic E-state index is 11.6. The molecule has 1 heterocycles. The number of carbonyl (C=O) groups excluding carboxylic acids is 1. The van der Waals surface area contributed by atoms with Crippen LogP contribution in [0.4, 0.5) is 0 Å². The van der Waals surface area contributed by atoms with Gasteiger partial charge in [-0.05, 0) is 66.4 Å². The number of hydrogen-bond acceptors (Lipinski definition) is 3. The lowest BCUT2D eigenvalue weighted by molar-refractivity contribution is 0.112. The highest BCUT2D eigenvalue weighted by Crippen LogP contribution is 2.49. The van der Waals surface area contributed by atoms with Gasteiger partial charge in [0, 0.05) is 15.4 Å². The first kappa shape index (κ1) is 18.4. The first-order chi connectivity index (χ1) is 14.0. The number of phenolic OH excluding ortho intramolecular Hbond substituents is 1. The molecule has 1 aromatic heterocycles. The van der Waals surface area contributed by atoms with Gasteiger partial charge in [0.05, 0.1) is 15.6 Å². The van der Waals surface area contributed by atoms with Gasteiger partial charge in [0.1, 0.15) is 11.3 Å². The smallest absolute Gasteiger partial charge is 0.154 e. The highest BCUT2D eigenvalue weighted by Gasteiger charge is 2.24. The number of aryl methyl sites for hydroxylation is 1. The minimum absolute atomic E-state index is 0.0838. The third-order valence-corrected chi connectivity index (χ3v) is 7.14. The highest BCUT2D eigenvalue weighted by atomic mass is 79.9. The van der Waals surface area contributed by atoms with Crippen molar-refractivity contribution in [1.29, 1.82) is 0 Å². The number of hydrogen-bond donors (Lipinski definition) is 1. The van der Waals surface area contributed by atoms with Crippen LogP contribution in [-0.2, 0) is 0 Å². The topological polar surface area (TPSA) is 50.4 Å². The molecule has 142 valence electrons. The normalized spacial score (nSPS) is 11.6. The summed E-state index contributed by atoms with van der Waals surface area (Å²) in [7, 11) is 0. The maximum Gasteiger partial charge on any atom is 0.154 e. The number of benzene rings is 4. The summed E-state index contributed by atoms with van der Waals surface area (Å²) in [5.74, 6) is 0.420. The molecular formula is C24H14Br2O3. The van der Waals surface area contributed by atoms with Crippen LogP contribution >= 0.6 is 31.9 Å². The molecule has 0 atom stereocenters. The summed E-state index contributed by atoms with van der Waals surface area (Å²) in [6, 6.07) is 17.4. The molecule has 29 heavy (non-hydrogen) atoms. The SMILES string of the molecule is Cc1c(Br)c2ccccc2c2c(Br)c(-c3c(O)c(C=O)cc4ccccc34)oc12. The molecule has 0 aliphatic carbocycles. The molecule has 0 aliphatic rings. The Hall–Kier alpha value is -2.63. The Bertz CT molecular complexity index is 1460. The summed E-state index contributed by atoms with van der Waals surface area (Å²) >= 11 is 7.42. The second-order valence-corrected chi connectivity index (χ2v) is 8.55. The van der Waals surface area contributed by atoms with E-state index in [1.54, 1.807) is 6.07 Å². The molecule has 4 aromatic carbocycles. The number of furan rings is 1. The Morgan fingerprint density at radius 3 is 2.31 bits per heavy atom. The Morgan fingerprint density at radius 2 is 1.59 bits per heavy atom. The molecule has 0 aliphatic heterocycles. The van der Waals surface area contributed by atoms with E-state index in [0.717, 1.165) is 47.0 Å². The second-order valence-electron chi connectivity index (χ2n) is 6.96. The average molecular weight is 510 g/mol. The van der Waals surface area contributed by atoms with E-state index >= 15 is 0 Å². The maximum atomic E-state index is 11.6. The van der Waals surface area contributed by atoms with Gasteiger partial charge >= 0.3 is 0 Å². The standard InChI is InChI=1S/C24H14Br2O3/c1-12-20(25)17-9-5-4-8-16(17)18-21(26)24(29-23(12)18)19-15-7-3-2-6-13(15)10-14(11-27)22(19)28/h2-11,28H,1H3. The van der Waals surface area contributed by atoms with Crippen molar-refractivity contribution in [2.75, 3.05) is 0 Å². The molecule has 3 nitrogen and oxygen atoms in total. The van der Waals surface area contributed by atoms with Crippen molar-refractivity contribution in [2.24, 2.45) is 0 Å². The van der Waals surface area contributed by atoms with Gasteiger partial charge in [-0.2, -0.15) is 0 Å². The van der Waals surface area contributed by atoms with Gasteiger partial charge in [-0.25, -0.2) is 0 Å². The molecule has 5 rings (SSSR count). The van der Waals surface area contributed by atoms with Crippen LogP contribution in [0.25, 0.3) is 43.8 Å². The van der Waals surface area contributed by atoms with E-state index in [-0.39, 0.29) is 11.3 Å². The summed E-state index contributed by atoms with van der Waals surface area (Å²) in [5, 5.41) is 15.6. The molecule has 0 bridgehead atoms. The molecular weight excluding hydrogens is 496 g/mol. The van der Waals surface area contributed by atoms with Crippen LogP contribution in [0.1, 0.15) is 15.9 Å². The molecule has 0 spiro atoms. The second kappa shape index (κ2) is 6.71. The van der Waals surface area contributed by atoms with Crippen LogP contribution in [0.3, 0.4) is 0 Å². The zero-order chi connectivity index (χ0) is 20.3. The average Bonchev–Trinajstić information content (AvgIpc) is 3.08. The van der Waals surface area contributed by atoms with Crippen LogP contribution in [-0.4, -0.2) is 11.4 Å². The minimum Gasteiger partial charge on any atom is -0.506 e. The molecule has 1 N–H and O–H groups in total. The number of phenols is 1. The van der Waals surface area contributed by atoms with E-state index in [4.69, 9.17) is 4.42 Å². The predicted octanol–water partition coefficient (Wildman–Crippen LogP) is 7.76. The third-order valence-electron chi connectivity index (χ3n) is 5.36. The summed E-state index contributed by atoms with van der Waals surface area (Å²) in [4.78, 5) is 11.6. The number of aromatic hydroxyl groups is 1. The summed E-state index contributed by atoms with van der Waals surface area (Å²) < 4.78 is 8.07. The van der Waals surface area contributed by atoms with Crippen molar-refractivity contribution in [1.82, 2.24) is 0 Å². The number of rotatable bonds is 2. The van der Waals surface area contributed by atoms with E-state index in [2.05, 4.69) is 37.9 Å². The van der Waals surface area contributed by atoms with Crippen molar-refractivity contribution in [3.05, 3.63) is 74.7 Å². The number of fused-ring (bicyclic) bond motifs is 4.